The van der Waals surface area contributed by atoms with Crippen LogP contribution in [0.5, 0.6) is 0 Å². The molecule has 2 unspecified atom stereocenters. The Morgan fingerprint density at radius 3 is 2.22 bits per heavy atom. The van der Waals surface area contributed by atoms with E-state index in [1.165, 1.54) is 57.8 Å². The third kappa shape index (κ3) is 8.61. The summed E-state index contributed by atoms with van der Waals surface area (Å²) >= 11 is 4.16. The van der Waals surface area contributed by atoms with Crippen molar-refractivity contribution in [2.24, 2.45) is 0 Å². The lowest BCUT2D eigenvalue weighted by Gasteiger charge is -2.21. The fourth-order valence-corrected chi connectivity index (χ4v) is 7.65. The van der Waals surface area contributed by atoms with Gasteiger partial charge in [0.2, 0.25) is 0 Å². The van der Waals surface area contributed by atoms with Crippen molar-refractivity contribution in [2.45, 2.75) is 86.7 Å². The van der Waals surface area contributed by atoms with Crippen molar-refractivity contribution < 1.29 is 14.3 Å². The Kier molecular flexibility index (Phi) is 11.7. The van der Waals surface area contributed by atoms with Crippen molar-refractivity contribution in [1.82, 2.24) is 15.3 Å². The van der Waals surface area contributed by atoms with Crippen LogP contribution in [-0.2, 0) is 21.0 Å². The zero-order valence-electron chi connectivity index (χ0n) is 21.6. The second-order valence-corrected chi connectivity index (χ2v) is 12.3. The maximum absolute atomic E-state index is 12.7. The molecule has 8 heteroatoms. The third-order valence-corrected chi connectivity index (χ3v) is 9.61. The Morgan fingerprint density at radius 2 is 1.53 bits per heavy atom. The number of nitrogens with zero attached hydrogens (tertiary/aromatic N) is 2. The average Bonchev–Trinajstić information content (AvgIpc) is 2.92. The molecule has 4 rings (SSSR count). The van der Waals surface area contributed by atoms with Gasteiger partial charge in [0.05, 0.1) is 42.2 Å². The minimum absolute atomic E-state index is 0.107. The Morgan fingerprint density at radius 1 is 0.889 bits per heavy atom. The maximum Gasteiger partial charge on any atom is 0.251 e. The lowest BCUT2D eigenvalue weighted by molar-refractivity contribution is 0.0531. The summed E-state index contributed by atoms with van der Waals surface area (Å²) in [5.74, 6) is 1.73. The lowest BCUT2D eigenvalue weighted by Crippen LogP contribution is -2.27. The highest BCUT2D eigenvalue weighted by atomic mass is 32.2. The van der Waals surface area contributed by atoms with Crippen molar-refractivity contribution >= 4 is 40.5 Å². The van der Waals surface area contributed by atoms with E-state index in [-0.39, 0.29) is 5.91 Å². The van der Waals surface area contributed by atoms with Crippen LogP contribution in [0.25, 0.3) is 11.0 Å². The number of nitrogens with one attached hydrogen (secondary N) is 1. The molecule has 1 saturated carbocycles. The van der Waals surface area contributed by atoms with Crippen molar-refractivity contribution in [3.05, 3.63) is 35.2 Å². The number of hydrogen-bond donors (Lipinski definition) is 1. The normalized spacial score (nSPS) is 21.5. The van der Waals surface area contributed by atoms with E-state index in [0.29, 0.717) is 43.8 Å². The molecule has 198 valence electrons. The second-order valence-electron chi connectivity index (χ2n) is 9.69. The van der Waals surface area contributed by atoms with Gasteiger partial charge in [0, 0.05) is 40.7 Å². The summed E-state index contributed by atoms with van der Waals surface area (Å²) in [6, 6.07) is 5.67. The summed E-state index contributed by atoms with van der Waals surface area (Å²) in [6.45, 7) is 4.70. The molecule has 0 radical (unpaired) electrons. The van der Waals surface area contributed by atoms with E-state index >= 15 is 0 Å². The van der Waals surface area contributed by atoms with Gasteiger partial charge in [0.1, 0.15) is 0 Å². The molecular weight excluding hydrogens is 490 g/mol. The van der Waals surface area contributed by atoms with E-state index in [9.17, 15) is 4.79 Å². The Labute approximate surface area is 224 Å². The summed E-state index contributed by atoms with van der Waals surface area (Å²) < 4.78 is 10.7. The summed E-state index contributed by atoms with van der Waals surface area (Å²) in [4.78, 5) is 22.7. The van der Waals surface area contributed by atoms with Gasteiger partial charge in [0.15, 0.2) is 0 Å². The summed E-state index contributed by atoms with van der Waals surface area (Å²) in [5.41, 5.74) is 4.51. The molecule has 1 aromatic heterocycles. The van der Waals surface area contributed by atoms with Gasteiger partial charge in [-0.3, -0.25) is 4.79 Å². The number of carbonyl (C=O) groups excluding carboxylic acids is 1. The number of hydrogen-bond acceptors (Lipinski definition) is 7. The van der Waals surface area contributed by atoms with Gasteiger partial charge >= 0.3 is 0 Å². The van der Waals surface area contributed by atoms with Gasteiger partial charge in [0.25, 0.3) is 5.91 Å². The van der Waals surface area contributed by atoms with Crippen molar-refractivity contribution in [3.8, 4) is 0 Å². The number of aromatic nitrogens is 2. The Bertz CT molecular complexity index is 974. The molecule has 6 nitrogen and oxygen atoms in total. The molecule has 2 bridgehead atoms. The average molecular weight is 532 g/mol. The quantitative estimate of drug-likeness (QED) is 0.409. The molecule has 2 atom stereocenters. The van der Waals surface area contributed by atoms with Crippen LogP contribution in [0.4, 0.5) is 0 Å². The lowest BCUT2D eigenvalue weighted by atomic mass is 10.1. The predicted molar refractivity (Wildman–Crippen MR) is 151 cm³/mol. The monoisotopic (exact) mass is 531 g/mol. The Hall–Kier alpha value is -1.35. The van der Waals surface area contributed by atoms with E-state index in [1.54, 1.807) is 0 Å². The van der Waals surface area contributed by atoms with Crippen LogP contribution in [0.2, 0.25) is 0 Å². The van der Waals surface area contributed by atoms with Crippen LogP contribution in [0, 0.1) is 0 Å². The van der Waals surface area contributed by atoms with Gasteiger partial charge < -0.3 is 14.8 Å². The molecule has 1 amide bonds. The number of carbonyl (C=O) groups is 1. The van der Waals surface area contributed by atoms with Gasteiger partial charge in [-0.2, -0.15) is 23.5 Å². The first-order valence-electron chi connectivity index (χ1n) is 13.7. The molecule has 2 aromatic rings. The van der Waals surface area contributed by atoms with Crippen LogP contribution in [0.1, 0.15) is 86.5 Å². The second kappa shape index (κ2) is 15.2. The first-order chi connectivity index (χ1) is 17.7. The highest BCUT2D eigenvalue weighted by molar-refractivity contribution is 8.00. The summed E-state index contributed by atoms with van der Waals surface area (Å²) in [5, 5.41) is 4.36. The van der Waals surface area contributed by atoms with E-state index in [0.717, 1.165) is 39.2 Å². The molecule has 0 saturated heterocycles. The number of benzene rings is 1. The van der Waals surface area contributed by atoms with Crippen LogP contribution in [-0.4, -0.2) is 59.3 Å². The number of amides is 1. The number of rotatable bonds is 8. The smallest absolute Gasteiger partial charge is 0.251 e. The first-order valence-corrected chi connectivity index (χ1v) is 15.8. The van der Waals surface area contributed by atoms with E-state index in [1.807, 2.05) is 25.1 Å². The van der Waals surface area contributed by atoms with E-state index in [2.05, 4.69) is 28.8 Å². The highest BCUT2D eigenvalue weighted by Gasteiger charge is 2.23. The maximum atomic E-state index is 12.7. The molecule has 1 aromatic carbocycles. The molecule has 1 N–H and O–H groups in total. The van der Waals surface area contributed by atoms with Gasteiger partial charge in [-0.25, -0.2) is 9.97 Å². The zero-order valence-corrected chi connectivity index (χ0v) is 23.3. The molecule has 1 aliphatic heterocycles. The van der Waals surface area contributed by atoms with E-state index < -0.39 is 0 Å². The van der Waals surface area contributed by atoms with E-state index in [4.69, 9.17) is 19.4 Å². The molecule has 2 aliphatic rings. The molecule has 2 heterocycles. The standard InChI is InChI=1S/C28H41N3O3S2/c1-2-33-15-16-34-14-13-29-28(32)21-11-12-24-25(17-21)31-27-20-36-23-10-8-6-4-3-5-7-9-22(18-23)35-19-26(27)30-24/h11-12,17,22-23H,2-10,13-16,18-20H2,1H3,(H,29,32). The van der Waals surface area contributed by atoms with Crippen LogP contribution in [0.15, 0.2) is 18.2 Å². The number of ether oxygens (including phenoxy) is 2. The van der Waals surface area contributed by atoms with Gasteiger partial charge in [-0.05, 0) is 44.4 Å². The molecule has 1 fully saturated rings. The minimum atomic E-state index is -0.107. The molecule has 0 spiro atoms. The van der Waals surface area contributed by atoms with Gasteiger partial charge in [-0.15, -0.1) is 0 Å². The fraction of sp³-hybridized carbons (Fsp3) is 0.679. The Balaban J connectivity index is 1.41. The minimum Gasteiger partial charge on any atom is -0.379 e. The first kappa shape index (κ1) is 27.7. The third-order valence-electron chi connectivity index (χ3n) is 6.93. The summed E-state index contributed by atoms with van der Waals surface area (Å²) in [7, 11) is 0. The van der Waals surface area contributed by atoms with Crippen molar-refractivity contribution in [2.75, 3.05) is 33.0 Å². The predicted octanol–water partition coefficient (Wildman–Crippen LogP) is 6.15. The van der Waals surface area contributed by atoms with Crippen LogP contribution < -0.4 is 5.32 Å². The number of fused-ring (bicyclic) bond motifs is 4. The number of thioether (sulfide) groups is 2. The van der Waals surface area contributed by atoms with Crippen molar-refractivity contribution in [3.63, 3.8) is 0 Å². The van der Waals surface area contributed by atoms with Crippen LogP contribution in [0.3, 0.4) is 0 Å². The SMILES string of the molecule is CCOCCOCCNC(=O)c1ccc2nc3c(nc2c1)CSC1CCCCCCCCC(C1)SC3. The van der Waals surface area contributed by atoms with Crippen molar-refractivity contribution in [1.29, 1.82) is 0 Å². The molecule has 36 heavy (non-hydrogen) atoms. The largest absolute Gasteiger partial charge is 0.379 e. The topological polar surface area (TPSA) is 73.3 Å². The molecule has 1 aliphatic carbocycles. The molecular formula is C28H41N3O3S2. The fourth-order valence-electron chi connectivity index (χ4n) is 4.88. The zero-order chi connectivity index (χ0) is 25.0. The van der Waals surface area contributed by atoms with Gasteiger partial charge in [-0.1, -0.05) is 38.5 Å². The highest BCUT2D eigenvalue weighted by Crippen LogP contribution is 2.37. The van der Waals surface area contributed by atoms with Crippen LogP contribution >= 0.6 is 23.5 Å². The summed E-state index contributed by atoms with van der Waals surface area (Å²) in [6.07, 6.45) is 12.2.